The molecule has 0 aromatic heterocycles. The van der Waals surface area contributed by atoms with E-state index in [1.54, 1.807) is 20.4 Å². The van der Waals surface area contributed by atoms with Crippen LogP contribution in [0.1, 0.15) is 59.3 Å². The third-order valence-electron chi connectivity index (χ3n) is 4.79. The molecule has 0 aliphatic carbocycles. The molecule has 0 unspecified atom stereocenters. The quantitative estimate of drug-likeness (QED) is 0.236. The van der Waals surface area contributed by atoms with Gasteiger partial charge in [-0.3, -0.25) is 0 Å². The first-order valence-corrected chi connectivity index (χ1v) is 18.5. The summed E-state index contributed by atoms with van der Waals surface area (Å²) in [7, 11) is 1.74. The van der Waals surface area contributed by atoms with Gasteiger partial charge in [0.2, 0.25) is 0 Å². The Balaban J connectivity index is 2.73. The van der Waals surface area contributed by atoms with Gasteiger partial charge in [-0.25, -0.2) is 0 Å². The zero-order valence-corrected chi connectivity index (χ0v) is 19.4. The van der Waals surface area contributed by atoms with E-state index in [4.69, 9.17) is 4.74 Å². The molecule has 0 aliphatic rings. The van der Waals surface area contributed by atoms with Gasteiger partial charge in [0.15, 0.2) is 0 Å². The molecular formula is C20H36OSSn. The summed E-state index contributed by atoms with van der Waals surface area (Å²) < 4.78 is 11.6. The van der Waals surface area contributed by atoms with Gasteiger partial charge in [0.1, 0.15) is 0 Å². The summed E-state index contributed by atoms with van der Waals surface area (Å²) in [5, 5.41) is 0. The van der Waals surface area contributed by atoms with Crippen LogP contribution in [0, 0.1) is 0 Å². The Morgan fingerprint density at radius 2 is 1.30 bits per heavy atom. The molecule has 0 saturated heterocycles. The van der Waals surface area contributed by atoms with Gasteiger partial charge in [0.25, 0.3) is 0 Å². The summed E-state index contributed by atoms with van der Waals surface area (Å²) in [6.07, 6.45) is 8.49. The first-order valence-electron chi connectivity index (χ1n) is 9.46. The average Bonchev–Trinajstić information content (AvgIpc) is 2.61. The van der Waals surface area contributed by atoms with Crippen molar-refractivity contribution in [2.75, 3.05) is 10.9 Å². The third-order valence-corrected chi connectivity index (χ3v) is 24.7. The summed E-state index contributed by atoms with van der Waals surface area (Å²) in [6.45, 7) is 7.06. The van der Waals surface area contributed by atoms with Gasteiger partial charge in [-0.15, -0.1) is 0 Å². The van der Waals surface area contributed by atoms with Crippen molar-refractivity contribution in [1.29, 1.82) is 0 Å². The van der Waals surface area contributed by atoms with Gasteiger partial charge < -0.3 is 0 Å². The first-order chi connectivity index (χ1) is 11.2. The van der Waals surface area contributed by atoms with E-state index < -0.39 is 18.4 Å². The van der Waals surface area contributed by atoms with Gasteiger partial charge in [-0.2, -0.15) is 0 Å². The van der Waals surface area contributed by atoms with Crippen molar-refractivity contribution in [3.8, 4) is 5.75 Å². The number of benzene rings is 1. The molecule has 3 heteroatoms. The average molecular weight is 443 g/mol. The number of hydrogen-bond donors (Lipinski definition) is 0. The van der Waals surface area contributed by atoms with Crippen molar-refractivity contribution in [2.24, 2.45) is 0 Å². The molecule has 0 atom stereocenters. The van der Waals surface area contributed by atoms with Crippen molar-refractivity contribution < 1.29 is 4.74 Å². The number of ether oxygens (including phenoxy) is 1. The van der Waals surface area contributed by atoms with Crippen molar-refractivity contribution in [3.63, 3.8) is 0 Å². The molecule has 0 spiro atoms. The van der Waals surface area contributed by atoms with Crippen LogP contribution in [0.3, 0.4) is 0 Å². The fourth-order valence-corrected chi connectivity index (χ4v) is 23.7. The van der Waals surface area contributed by atoms with Crippen LogP contribution < -0.4 is 4.74 Å². The van der Waals surface area contributed by atoms with Crippen LogP contribution in [0.4, 0.5) is 0 Å². The Labute approximate surface area is 152 Å². The predicted molar refractivity (Wildman–Crippen MR) is 109 cm³/mol. The fraction of sp³-hybridized carbons (Fsp3) is 0.700. The SMILES string of the molecule is CCC[CH2][Sn]([CH2]CCC)([CH2]CCC)[CH2]Sc1ccc(OC)cc1. The fourth-order valence-electron chi connectivity index (χ4n) is 3.16. The summed E-state index contributed by atoms with van der Waals surface area (Å²) in [6, 6.07) is 8.67. The zero-order chi connectivity index (χ0) is 17.0. The summed E-state index contributed by atoms with van der Waals surface area (Å²) >= 11 is 0.151. The van der Waals surface area contributed by atoms with Gasteiger partial charge in [0, 0.05) is 0 Å². The van der Waals surface area contributed by atoms with Crippen LogP contribution in [-0.2, 0) is 0 Å². The van der Waals surface area contributed by atoms with Crippen LogP contribution in [-0.4, -0.2) is 29.3 Å². The van der Waals surface area contributed by atoms with E-state index in [0.29, 0.717) is 0 Å². The van der Waals surface area contributed by atoms with E-state index in [-0.39, 0.29) is 0 Å². The molecule has 0 N–H and O–H groups in total. The predicted octanol–water partition coefficient (Wildman–Crippen LogP) is 7.18. The maximum atomic E-state index is 5.28. The second-order valence-electron chi connectivity index (χ2n) is 6.77. The Bertz CT molecular complexity index is 383. The molecule has 1 rings (SSSR count). The molecule has 1 aromatic rings. The van der Waals surface area contributed by atoms with Gasteiger partial charge in [0.05, 0.1) is 0 Å². The van der Waals surface area contributed by atoms with Crippen molar-refractivity contribution >= 4 is 30.1 Å². The Kier molecular flexibility index (Phi) is 11.5. The molecule has 23 heavy (non-hydrogen) atoms. The molecule has 132 valence electrons. The molecule has 0 radical (unpaired) electrons. The van der Waals surface area contributed by atoms with Gasteiger partial charge in [-0.1, -0.05) is 0 Å². The first kappa shape index (κ1) is 21.2. The summed E-state index contributed by atoms with van der Waals surface area (Å²) in [5.41, 5.74) is 0. The van der Waals surface area contributed by atoms with Gasteiger partial charge in [-0.05, 0) is 0 Å². The van der Waals surface area contributed by atoms with Crippen LogP contribution in [0.2, 0.25) is 13.3 Å². The van der Waals surface area contributed by atoms with Gasteiger partial charge >= 0.3 is 153 Å². The normalized spacial score (nSPS) is 11.7. The summed E-state index contributed by atoms with van der Waals surface area (Å²) in [5.74, 6) is 0.965. The second-order valence-corrected chi connectivity index (χ2v) is 23.1. The standard InChI is InChI=1S/C8H9OS.3C4H9.Sn/c1-9-7-3-5-8(10-2)6-4-7;3*1-3-4-2;/h3-6H,2H2,1H3;3*1,3-4H2,2H3;. The molecule has 0 fully saturated rings. The molecule has 0 saturated carbocycles. The Hall–Kier alpha value is 0.169. The van der Waals surface area contributed by atoms with Crippen molar-refractivity contribution in [3.05, 3.63) is 24.3 Å². The monoisotopic (exact) mass is 444 g/mol. The molecule has 0 amide bonds. The maximum absolute atomic E-state index is 5.28. The Morgan fingerprint density at radius 1 is 0.826 bits per heavy atom. The molecule has 1 nitrogen and oxygen atoms in total. The van der Waals surface area contributed by atoms with E-state index in [2.05, 4.69) is 56.8 Å². The van der Waals surface area contributed by atoms with Crippen LogP contribution in [0.25, 0.3) is 0 Å². The summed E-state index contributed by atoms with van der Waals surface area (Å²) in [4.78, 5) is 1.43. The van der Waals surface area contributed by atoms with E-state index in [9.17, 15) is 0 Å². The number of hydrogen-bond acceptors (Lipinski definition) is 2. The number of thioether (sulfide) groups is 1. The minimum atomic E-state index is -1.98. The van der Waals surface area contributed by atoms with E-state index >= 15 is 0 Å². The Morgan fingerprint density at radius 3 is 1.70 bits per heavy atom. The number of methoxy groups -OCH3 is 1. The molecule has 0 heterocycles. The minimum absolute atomic E-state index is 0.965. The number of unbranched alkanes of at least 4 members (excludes halogenated alkanes) is 3. The molecular weight excluding hydrogens is 407 g/mol. The zero-order valence-electron chi connectivity index (χ0n) is 15.7. The van der Waals surface area contributed by atoms with E-state index in [1.165, 1.54) is 47.2 Å². The van der Waals surface area contributed by atoms with E-state index in [1.807, 2.05) is 0 Å². The number of rotatable bonds is 13. The van der Waals surface area contributed by atoms with Crippen molar-refractivity contribution in [2.45, 2.75) is 77.5 Å². The molecule has 0 aliphatic heterocycles. The second kappa shape index (κ2) is 12.5. The third kappa shape index (κ3) is 8.20. The van der Waals surface area contributed by atoms with Crippen LogP contribution in [0.5, 0.6) is 5.75 Å². The van der Waals surface area contributed by atoms with E-state index in [0.717, 1.165) is 5.75 Å². The van der Waals surface area contributed by atoms with Crippen LogP contribution in [0.15, 0.2) is 29.2 Å². The molecule has 0 bridgehead atoms. The molecule has 1 aromatic carbocycles. The topological polar surface area (TPSA) is 9.23 Å². The van der Waals surface area contributed by atoms with Crippen LogP contribution >= 0.6 is 11.8 Å². The van der Waals surface area contributed by atoms with Crippen molar-refractivity contribution in [1.82, 2.24) is 0 Å².